The molecule has 0 heterocycles. The summed E-state index contributed by atoms with van der Waals surface area (Å²) in [5, 5.41) is 0. The van der Waals surface area contributed by atoms with E-state index < -0.39 is 0 Å². The molecular formula is C20H24O3. The van der Waals surface area contributed by atoms with Gasteiger partial charge in [-0.1, -0.05) is 37.6 Å². The van der Waals surface area contributed by atoms with E-state index in [1.165, 1.54) is 12.0 Å². The van der Waals surface area contributed by atoms with E-state index in [4.69, 9.17) is 9.47 Å². The smallest absolute Gasteiger partial charge is 0.343 e. The average Bonchev–Trinajstić information content (AvgIpc) is 2.60. The summed E-state index contributed by atoms with van der Waals surface area (Å²) in [7, 11) is 1.67. The molecule has 0 aliphatic rings. The largest absolute Gasteiger partial charge is 0.423 e. The van der Waals surface area contributed by atoms with Crippen LogP contribution < -0.4 is 4.74 Å². The minimum atomic E-state index is -0.334. The molecule has 0 N–H and O–H groups in total. The first-order valence-electron chi connectivity index (χ1n) is 8.08. The average molecular weight is 312 g/mol. The highest BCUT2D eigenvalue weighted by atomic mass is 16.5. The van der Waals surface area contributed by atoms with Gasteiger partial charge in [0.25, 0.3) is 0 Å². The van der Waals surface area contributed by atoms with E-state index in [1.54, 1.807) is 19.2 Å². The standard InChI is InChI=1S/C20H24O3/c1-4-5-6-16-7-9-18(10-8-16)20(21)23-19-13-11-17(12-14-19)15(2)22-3/h7-15H,4-6H2,1-3H3. The molecule has 122 valence electrons. The Labute approximate surface area is 138 Å². The maximum absolute atomic E-state index is 12.2. The molecule has 0 aromatic heterocycles. The minimum absolute atomic E-state index is 0.0235. The van der Waals surface area contributed by atoms with Crippen molar-refractivity contribution in [2.45, 2.75) is 39.2 Å². The summed E-state index contributed by atoms with van der Waals surface area (Å²) in [6, 6.07) is 15.0. The van der Waals surface area contributed by atoms with Gasteiger partial charge in [0.2, 0.25) is 0 Å². The van der Waals surface area contributed by atoms with Crippen LogP contribution in [0.5, 0.6) is 5.75 Å². The summed E-state index contributed by atoms with van der Waals surface area (Å²) in [4.78, 5) is 12.2. The number of esters is 1. The van der Waals surface area contributed by atoms with Crippen LogP contribution >= 0.6 is 0 Å². The molecule has 3 heteroatoms. The fourth-order valence-corrected chi connectivity index (χ4v) is 2.30. The van der Waals surface area contributed by atoms with Crippen molar-refractivity contribution in [3.8, 4) is 5.75 Å². The van der Waals surface area contributed by atoms with Gasteiger partial charge >= 0.3 is 5.97 Å². The van der Waals surface area contributed by atoms with Gasteiger partial charge in [0.05, 0.1) is 11.7 Å². The van der Waals surface area contributed by atoms with Crippen LogP contribution in [0.15, 0.2) is 48.5 Å². The Hall–Kier alpha value is -2.13. The van der Waals surface area contributed by atoms with E-state index in [0.717, 1.165) is 18.4 Å². The Bertz CT molecular complexity index is 614. The van der Waals surface area contributed by atoms with E-state index in [1.807, 2.05) is 43.3 Å². The van der Waals surface area contributed by atoms with Gasteiger partial charge in [-0.3, -0.25) is 0 Å². The van der Waals surface area contributed by atoms with Crippen molar-refractivity contribution in [2.75, 3.05) is 7.11 Å². The van der Waals surface area contributed by atoms with Gasteiger partial charge < -0.3 is 9.47 Å². The highest BCUT2D eigenvalue weighted by Crippen LogP contribution is 2.20. The van der Waals surface area contributed by atoms with Crippen LogP contribution in [0.3, 0.4) is 0 Å². The van der Waals surface area contributed by atoms with Crippen molar-refractivity contribution >= 4 is 5.97 Å². The number of aryl methyl sites for hydroxylation is 1. The maximum atomic E-state index is 12.2. The second kappa shape index (κ2) is 8.49. The minimum Gasteiger partial charge on any atom is -0.423 e. The normalized spacial score (nSPS) is 12.0. The zero-order valence-electron chi connectivity index (χ0n) is 14.0. The van der Waals surface area contributed by atoms with Gasteiger partial charge in [-0.15, -0.1) is 0 Å². The molecule has 2 aromatic carbocycles. The molecule has 0 saturated carbocycles. The Morgan fingerprint density at radius 2 is 1.70 bits per heavy atom. The van der Waals surface area contributed by atoms with Gasteiger partial charge in [0, 0.05) is 7.11 Å². The molecule has 2 rings (SSSR count). The van der Waals surface area contributed by atoms with Crippen LogP contribution in [0.2, 0.25) is 0 Å². The van der Waals surface area contributed by atoms with Crippen molar-refractivity contribution in [2.24, 2.45) is 0 Å². The number of carbonyl (C=O) groups excluding carboxylic acids is 1. The number of hydrogen-bond acceptors (Lipinski definition) is 3. The predicted octanol–water partition coefficient (Wildman–Crippen LogP) is 4.96. The van der Waals surface area contributed by atoms with Gasteiger partial charge in [-0.2, -0.15) is 0 Å². The molecule has 0 spiro atoms. The first kappa shape index (κ1) is 17.2. The van der Waals surface area contributed by atoms with Crippen molar-refractivity contribution in [1.29, 1.82) is 0 Å². The highest BCUT2D eigenvalue weighted by molar-refractivity contribution is 5.91. The van der Waals surface area contributed by atoms with Crippen molar-refractivity contribution < 1.29 is 14.3 Å². The molecule has 0 amide bonds. The lowest BCUT2D eigenvalue weighted by Gasteiger charge is -2.10. The van der Waals surface area contributed by atoms with Crippen molar-refractivity contribution in [1.82, 2.24) is 0 Å². The Morgan fingerprint density at radius 3 is 2.26 bits per heavy atom. The summed E-state index contributed by atoms with van der Waals surface area (Å²) < 4.78 is 10.7. The monoisotopic (exact) mass is 312 g/mol. The molecule has 1 unspecified atom stereocenters. The van der Waals surface area contributed by atoms with Gasteiger partial charge in [0.15, 0.2) is 0 Å². The summed E-state index contributed by atoms with van der Waals surface area (Å²) in [5.41, 5.74) is 2.87. The van der Waals surface area contributed by atoms with Gasteiger partial charge in [0.1, 0.15) is 5.75 Å². The van der Waals surface area contributed by atoms with Gasteiger partial charge in [-0.05, 0) is 55.2 Å². The molecule has 0 aliphatic heterocycles. The van der Waals surface area contributed by atoms with Crippen LogP contribution in [-0.2, 0) is 11.2 Å². The molecule has 0 radical (unpaired) electrons. The summed E-state index contributed by atoms with van der Waals surface area (Å²) >= 11 is 0. The van der Waals surface area contributed by atoms with Crippen LogP contribution in [0.4, 0.5) is 0 Å². The molecule has 23 heavy (non-hydrogen) atoms. The Morgan fingerprint density at radius 1 is 1.04 bits per heavy atom. The molecule has 3 nitrogen and oxygen atoms in total. The SMILES string of the molecule is CCCCc1ccc(C(=O)Oc2ccc(C(C)OC)cc2)cc1. The number of ether oxygens (including phenoxy) is 2. The molecule has 0 bridgehead atoms. The number of hydrogen-bond donors (Lipinski definition) is 0. The van der Waals surface area contributed by atoms with Crippen LogP contribution in [0, 0.1) is 0 Å². The Balaban J connectivity index is 1.98. The zero-order valence-corrected chi connectivity index (χ0v) is 14.0. The van der Waals surface area contributed by atoms with Crippen LogP contribution in [-0.4, -0.2) is 13.1 Å². The van der Waals surface area contributed by atoms with E-state index in [0.29, 0.717) is 11.3 Å². The van der Waals surface area contributed by atoms with Crippen LogP contribution in [0.25, 0.3) is 0 Å². The topological polar surface area (TPSA) is 35.5 Å². The summed E-state index contributed by atoms with van der Waals surface area (Å²) in [5.74, 6) is 0.205. The fourth-order valence-electron chi connectivity index (χ4n) is 2.30. The molecule has 2 aromatic rings. The molecule has 0 saturated heterocycles. The second-order valence-corrected chi connectivity index (χ2v) is 5.64. The third kappa shape index (κ3) is 4.93. The first-order valence-corrected chi connectivity index (χ1v) is 8.08. The fraction of sp³-hybridized carbons (Fsp3) is 0.350. The van der Waals surface area contributed by atoms with E-state index in [2.05, 4.69) is 6.92 Å². The van der Waals surface area contributed by atoms with E-state index in [-0.39, 0.29) is 12.1 Å². The third-order valence-corrected chi connectivity index (χ3v) is 3.92. The van der Waals surface area contributed by atoms with Crippen molar-refractivity contribution in [3.63, 3.8) is 0 Å². The molecule has 1 atom stereocenters. The summed E-state index contributed by atoms with van der Waals surface area (Å²) in [6.45, 7) is 4.14. The lowest BCUT2D eigenvalue weighted by molar-refractivity contribution is 0.0734. The first-order chi connectivity index (χ1) is 11.1. The van der Waals surface area contributed by atoms with Crippen LogP contribution in [0.1, 0.15) is 54.3 Å². The second-order valence-electron chi connectivity index (χ2n) is 5.64. The summed E-state index contributed by atoms with van der Waals surface area (Å²) in [6.07, 6.45) is 3.40. The Kier molecular flexibility index (Phi) is 6.36. The third-order valence-electron chi connectivity index (χ3n) is 3.92. The molecule has 0 aliphatic carbocycles. The quantitative estimate of drug-likeness (QED) is 0.535. The zero-order chi connectivity index (χ0) is 16.7. The number of benzene rings is 2. The van der Waals surface area contributed by atoms with E-state index in [9.17, 15) is 4.79 Å². The highest BCUT2D eigenvalue weighted by Gasteiger charge is 2.09. The lowest BCUT2D eigenvalue weighted by atomic mass is 10.1. The molecule has 0 fully saturated rings. The van der Waals surface area contributed by atoms with Crippen molar-refractivity contribution in [3.05, 3.63) is 65.2 Å². The van der Waals surface area contributed by atoms with Gasteiger partial charge in [-0.25, -0.2) is 4.79 Å². The molecular weight excluding hydrogens is 288 g/mol. The number of rotatable bonds is 7. The predicted molar refractivity (Wildman–Crippen MR) is 91.9 cm³/mol. The lowest BCUT2D eigenvalue weighted by Crippen LogP contribution is -2.08. The number of unbranched alkanes of at least 4 members (excludes halogenated alkanes) is 1. The number of carbonyl (C=O) groups is 1. The van der Waals surface area contributed by atoms with E-state index >= 15 is 0 Å². The number of methoxy groups -OCH3 is 1. The maximum Gasteiger partial charge on any atom is 0.343 e.